The summed E-state index contributed by atoms with van der Waals surface area (Å²) in [7, 11) is 0. The number of aryl methyl sites for hydroxylation is 2. The summed E-state index contributed by atoms with van der Waals surface area (Å²) in [5.74, 6) is 0.494. The van der Waals surface area contributed by atoms with E-state index in [2.05, 4.69) is 48.3 Å². The Bertz CT molecular complexity index is 1190. The lowest BCUT2D eigenvalue weighted by Crippen LogP contribution is -2.07. The smallest absolute Gasteiger partial charge is 0.173 e. The van der Waals surface area contributed by atoms with Crippen LogP contribution in [0.5, 0.6) is 0 Å². The third-order valence-corrected chi connectivity index (χ3v) is 6.29. The molecule has 0 spiro atoms. The quantitative estimate of drug-likeness (QED) is 0.260. The molecule has 3 aromatic carbocycles. The Morgan fingerprint density at radius 2 is 1.57 bits per heavy atom. The number of hydrogen-bond donors (Lipinski definition) is 0. The van der Waals surface area contributed by atoms with Crippen LogP contribution in [0.2, 0.25) is 0 Å². The zero-order chi connectivity index (χ0) is 20.9. The molecule has 0 saturated heterocycles. The fraction of sp³-hybridized carbons (Fsp3) is 0.192. The molecule has 0 aliphatic heterocycles. The van der Waals surface area contributed by atoms with Crippen molar-refractivity contribution in [1.82, 2.24) is 10.2 Å². The van der Waals surface area contributed by atoms with Crippen molar-refractivity contribution in [2.75, 3.05) is 5.75 Å². The highest BCUT2D eigenvalue weighted by molar-refractivity contribution is 8.00. The number of carbonyl (C=O) groups is 1. The predicted octanol–water partition coefficient (Wildman–Crippen LogP) is 6.40. The number of thioether (sulfide) groups is 1. The molecular weight excluding hydrogens is 388 g/mol. The van der Waals surface area contributed by atoms with Crippen molar-refractivity contribution in [2.24, 2.45) is 0 Å². The van der Waals surface area contributed by atoms with Gasteiger partial charge in [-0.25, -0.2) is 0 Å². The van der Waals surface area contributed by atoms with E-state index in [0.29, 0.717) is 5.75 Å². The Morgan fingerprint density at radius 1 is 0.833 bits per heavy atom. The van der Waals surface area contributed by atoms with Gasteiger partial charge in [-0.3, -0.25) is 4.79 Å². The van der Waals surface area contributed by atoms with Crippen LogP contribution in [-0.2, 0) is 12.8 Å². The Labute approximate surface area is 181 Å². The lowest BCUT2D eigenvalue weighted by Gasteiger charge is -2.11. The summed E-state index contributed by atoms with van der Waals surface area (Å²) in [4.78, 5) is 13.0. The first-order valence-electron chi connectivity index (χ1n) is 10.3. The van der Waals surface area contributed by atoms with Crippen molar-refractivity contribution in [1.29, 1.82) is 0 Å². The maximum absolute atomic E-state index is 13.0. The summed E-state index contributed by atoms with van der Waals surface area (Å²) in [6, 6.07) is 24.5. The summed E-state index contributed by atoms with van der Waals surface area (Å²) in [5, 5.41) is 11.9. The van der Waals surface area contributed by atoms with Gasteiger partial charge in [-0.2, -0.15) is 0 Å². The van der Waals surface area contributed by atoms with Gasteiger partial charge in [0.1, 0.15) is 10.7 Å². The molecule has 0 fully saturated rings. The second-order valence-corrected chi connectivity index (χ2v) is 8.14. The standard InChI is InChI=1S/C26H24N2OS/c1-3-18-14-15-19(4-2)23(16-18)24(29)17-30-26-22-13-9-8-12-21(22)25(27-28-26)20-10-6-5-7-11-20/h5-16H,3-4,17H2,1-2H3. The summed E-state index contributed by atoms with van der Waals surface area (Å²) in [6.45, 7) is 4.20. The number of Topliss-reactive ketones (excluding diaryl/α,β-unsaturated/α-hetero) is 1. The van der Waals surface area contributed by atoms with Crippen molar-refractivity contribution >= 4 is 28.3 Å². The first-order chi connectivity index (χ1) is 14.7. The van der Waals surface area contributed by atoms with E-state index in [4.69, 9.17) is 0 Å². The molecule has 0 bridgehead atoms. The number of hydrogen-bond acceptors (Lipinski definition) is 4. The van der Waals surface area contributed by atoms with Gasteiger partial charge in [0, 0.05) is 21.9 Å². The van der Waals surface area contributed by atoms with Crippen LogP contribution in [0.3, 0.4) is 0 Å². The molecule has 0 N–H and O–H groups in total. The number of fused-ring (bicyclic) bond motifs is 1. The highest BCUT2D eigenvalue weighted by Crippen LogP contribution is 2.32. The summed E-state index contributed by atoms with van der Waals surface area (Å²) in [6.07, 6.45) is 1.78. The van der Waals surface area contributed by atoms with E-state index in [1.54, 1.807) is 0 Å². The zero-order valence-corrected chi connectivity index (χ0v) is 18.1. The Balaban J connectivity index is 1.64. The number of nitrogens with zero attached hydrogens (tertiary/aromatic N) is 2. The third-order valence-electron chi connectivity index (χ3n) is 5.30. The largest absolute Gasteiger partial charge is 0.293 e. The molecule has 1 heterocycles. The van der Waals surface area contributed by atoms with Gasteiger partial charge in [-0.15, -0.1) is 10.2 Å². The Kier molecular flexibility index (Phi) is 6.24. The molecule has 0 saturated carbocycles. The third kappa shape index (κ3) is 4.14. The van der Waals surface area contributed by atoms with Gasteiger partial charge in [-0.1, -0.05) is 92.3 Å². The maximum atomic E-state index is 13.0. The lowest BCUT2D eigenvalue weighted by atomic mass is 9.98. The number of aromatic nitrogens is 2. The predicted molar refractivity (Wildman–Crippen MR) is 125 cm³/mol. The molecule has 30 heavy (non-hydrogen) atoms. The van der Waals surface area contributed by atoms with E-state index < -0.39 is 0 Å². The Morgan fingerprint density at radius 3 is 2.30 bits per heavy atom. The van der Waals surface area contributed by atoms with Crippen LogP contribution in [0.1, 0.15) is 35.3 Å². The molecular formula is C26H24N2OS. The molecule has 150 valence electrons. The monoisotopic (exact) mass is 412 g/mol. The number of carbonyl (C=O) groups excluding carboxylic acids is 1. The number of benzene rings is 3. The fourth-order valence-electron chi connectivity index (χ4n) is 3.62. The van der Waals surface area contributed by atoms with Crippen LogP contribution in [0.25, 0.3) is 22.0 Å². The molecule has 4 rings (SSSR count). The normalized spacial score (nSPS) is 11.0. The van der Waals surface area contributed by atoms with Crippen molar-refractivity contribution in [3.05, 3.63) is 89.5 Å². The zero-order valence-electron chi connectivity index (χ0n) is 17.3. The molecule has 4 aromatic rings. The van der Waals surface area contributed by atoms with Crippen LogP contribution in [0, 0.1) is 0 Å². The van der Waals surface area contributed by atoms with Gasteiger partial charge < -0.3 is 0 Å². The van der Waals surface area contributed by atoms with Gasteiger partial charge >= 0.3 is 0 Å². The second-order valence-electron chi connectivity index (χ2n) is 7.18. The number of rotatable bonds is 7. The fourth-order valence-corrected chi connectivity index (χ4v) is 4.47. The highest BCUT2D eigenvalue weighted by Gasteiger charge is 2.15. The molecule has 0 aliphatic rings. The highest BCUT2D eigenvalue weighted by atomic mass is 32.2. The van der Waals surface area contributed by atoms with Crippen LogP contribution in [0.4, 0.5) is 0 Å². The van der Waals surface area contributed by atoms with Gasteiger partial charge in [0.25, 0.3) is 0 Å². The van der Waals surface area contributed by atoms with Gasteiger partial charge in [0.05, 0.1) is 5.75 Å². The summed E-state index contributed by atoms with van der Waals surface area (Å²) in [5.41, 5.74) is 5.04. The van der Waals surface area contributed by atoms with Crippen LogP contribution < -0.4 is 0 Å². The Hall–Kier alpha value is -2.98. The molecule has 0 atom stereocenters. The van der Waals surface area contributed by atoms with Crippen LogP contribution in [0.15, 0.2) is 77.8 Å². The molecule has 3 nitrogen and oxygen atoms in total. The van der Waals surface area contributed by atoms with E-state index in [1.807, 2.05) is 48.5 Å². The molecule has 0 aliphatic carbocycles. The van der Waals surface area contributed by atoms with Crippen molar-refractivity contribution in [3.8, 4) is 11.3 Å². The molecule has 1 aromatic heterocycles. The van der Waals surface area contributed by atoms with E-state index >= 15 is 0 Å². The van der Waals surface area contributed by atoms with Gasteiger partial charge in [0.15, 0.2) is 5.78 Å². The van der Waals surface area contributed by atoms with E-state index in [-0.39, 0.29) is 5.78 Å². The first-order valence-corrected chi connectivity index (χ1v) is 11.3. The molecule has 0 radical (unpaired) electrons. The maximum Gasteiger partial charge on any atom is 0.173 e. The van der Waals surface area contributed by atoms with E-state index in [1.165, 1.54) is 17.3 Å². The van der Waals surface area contributed by atoms with Crippen LogP contribution in [-0.4, -0.2) is 21.7 Å². The first kappa shape index (κ1) is 20.3. The second kappa shape index (κ2) is 9.23. The minimum absolute atomic E-state index is 0.144. The summed E-state index contributed by atoms with van der Waals surface area (Å²) < 4.78 is 0. The topological polar surface area (TPSA) is 42.9 Å². The minimum atomic E-state index is 0.144. The van der Waals surface area contributed by atoms with E-state index in [0.717, 1.165) is 51.0 Å². The van der Waals surface area contributed by atoms with Crippen molar-refractivity contribution in [3.63, 3.8) is 0 Å². The van der Waals surface area contributed by atoms with Gasteiger partial charge in [0.2, 0.25) is 0 Å². The van der Waals surface area contributed by atoms with Gasteiger partial charge in [-0.05, 0) is 30.0 Å². The molecule has 0 unspecified atom stereocenters. The number of ketones is 1. The average molecular weight is 413 g/mol. The molecule has 4 heteroatoms. The summed E-state index contributed by atoms with van der Waals surface area (Å²) >= 11 is 1.47. The lowest BCUT2D eigenvalue weighted by molar-refractivity contribution is 0.102. The van der Waals surface area contributed by atoms with E-state index in [9.17, 15) is 4.79 Å². The van der Waals surface area contributed by atoms with Crippen LogP contribution >= 0.6 is 11.8 Å². The SMILES string of the molecule is CCc1ccc(CC)c(C(=O)CSc2nnc(-c3ccccc3)c3ccccc23)c1. The van der Waals surface area contributed by atoms with Crippen molar-refractivity contribution < 1.29 is 4.79 Å². The minimum Gasteiger partial charge on any atom is -0.293 e. The van der Waals surface area contributed by atoms with Crippen molar-refractivity contribution in [2.45, 2.75) is 31.7 Å². The average Bonchev–Trinajstić information content (AvgIpc) is 2.82. The molecule has 0 amide bonds.